The number of nitrogens with one attached hydrogen (secondary N) is 2. The highest BCUT2D eigenvalue weighted by Crippen LogP contribution is 2.34. The Bertz CT molecular complexity index is 1100. The average molecular weight is 402 g/mol. The predicted molar refractivity (Wildman–Crippen MR) is 115 cm³/mol. The Labute approximate surface area is 174 Å². The van der Waals surface area contributed by atoms with Gasteiger partial charge in [0.25, 0.3) is 17.4 Å². The van der Waals surface area contributed by atoms with Crippen molar-refractivity contribution in [2.75, 3.05) is 10.6 Å². The van der Waals surface area contributed by atoms with Gasteiger partial charge in [0, 0.05) is 5.69 Å². The highest BCUT2D eigenvalue weighted by atomic mass is 16.5. The van der Waals surface area contributed by atoms with Gasteiger partial charge in [-0.25, -0.2) is 0 Å². The fourth-order valence-corrected chi connectivity index (χ4v) is 3.16. The molecule has 30 heavy (non-hydrogen) atoms. The SMILES string of the molecule is Cc1ccc2c(c1)NC(=O)C(C)(C(=O)Nc1cccc(COc3ccccc3)c1)O2. The third kappa shape index (κ3) is 3.98. The van der Waals surface area contributed by atoms with Crippen LogP contribution in [0.5, 0.6) is 11.5 Å². The van der Waals surface area contributed by atoms with Crippen LogP contribution in [0, 0.1) is 6.92 Å². The van der Waals surface area contributed by atoms with Crippen LogP contribution in [0.2, 0.25) is 0 Å². The number of fused-ring (bicyclic) bond motifs is 1. The van der Waals surface area contributed by atoms with Gasteiger partial charge in [-0.05, 0) is 61.4 Å². The molecule has 1 aliphatic rings. The van der Waals surface area contributed by atoms with Crippen molar-refractivity contribution in [3.8, 4) is 11.5 Å². The van der Waals surface area contributed by atoms with Crippen molar-refractivity contribution in [2.45, 2.75) is 26.1 Å². The molecule has 0 aromatic heterocycles. The summed E-state index contributed by atoms with van der Waals surface area (Å²) >= 11 is 0. The van der Waals surface area contributed by atoms with Gasteiger partial charge in [0.05, 0.1) is 5.69 Å². The van der Waals surface area contributed by atoms with E-state index in [1.807, 2.05) is 61.5 Å². The van der Waals surface area contributed by atoms with Crippen molar-refractivity contribution >= 4 is 23.2 Å². The van der Waals surface area contributed by atoms with Crippen LogP contribution in [0.15, 0.2) is 72.8 Å². The molecule has 1 heterocycles. The zero-order chi connectivity index (χ0) is 21.1. The molecule has 1 aliphatic heterocycles. The lowest BCUT2D eigenvalue weighted by Gasteiger charge is -2.33. The van der Waals surface area contributed by atoms with Crippen LogP contribution in [-0.2, 0) is 16.2 Å². The van der Waals surface area contributed by atoms with E-state index in [4.69, 9.17) is 9.47 Å². The smallest absolute Gasteiger partial charge is 0.278 e. The number of amides is 2. The second-order valence-corrected chi connectivity index (χ2v) is 7.35. The molecule has 3 aromatic carbocycles. The van der Waals surface area contributed by atoms with Gasteiger partial charge in [0.2, 0.25) is 0 Å². The molecule has 1 unspecified atom stereocenters. The molecule has 4 rings (SSSR count). The topological polar surface area (TPSA) is 76.7 Å². The van der Waals surface area contributed by atoms with E-state index in [1.165, 1.54) is 6.92 Å². The van der Waals surface area contributed by atoms with Crippen LogP contribution in [0.1, 0.15) is 18.1 Å². The highest BCUT2D eigenvalue weighted by Gasteiger charge is 2.47. The molecule has 0 saturated carbocycles. The van der Waals surface area contributed by atoms with Crippen molar-refractivity contribution in [3.63, 3.8) is 0 Å². The first-order valence-electron chi connectivity index (χ1n) is 9.63. The molecule has 3 aromatic rings. The molecule has 0 aliphatic carbocycles. The van der Waals surface area contributed by atoms with Crippen LogP contribution < -0.4 is 20.1 Å². The summed E-state index contributed by atoms with van der Waals surface area (Å²) in [7, 11) is 0. The van der Waals surface area contributed by atoms with Crippen LogP contribution >= 0.6 is 0 Å². The quantitative estimate of drug-likeness (QED) is 0.624. The zero-order valence-electron chi connectivity index (χ0n) is 16.8. The summed E-state index contributed by atoms with van der Waals surface area (Å²) in [6.07, 6.45) is 0. The van der Waals surface area contributed by atoms with Gasteiger partial charge in [-0.15, -0.1) is 0 Å². The summed E-state index contributed by atoms with van der Waals surface area (Å²) < 4.78 is 11.6. The molecule has 6 heteroatoms. The largest absolute Gasteiger partial charge is 0.489 e. The van der Waals surface area contributed by atoms with Crippen molar-refractivity contribution in [2.24, 2.45) is 0 Å². The number of ether oxygens (including phenoxy) is 2. The Hall–Kier alpha value is -3.80. The standard InChI is InChI=1S/C24H22N2O4/c1-16-11-12-21-20(13-16)26-23(28)24(2,30-21)22(27)25-18-8-6-7-17(14-18)15-29-19-9-4-3-5-10-19/h3-14H,15H2,1-2H3,(H,25,27)(H,26,28). The minimum atomic E-state index is -1.68. The van der Waals surface area contributed by atoms with Crippen LogP contribution in [0.3, 0.4) is 0 Å². The van der Waals surface area contributed by atoms with Crippen molar-refractivity contribution in [1.29, 1.82) is 0 Å². The van der Waals surface area contributed by atoms with Gasteiger partial charge >= 0.3 is 0 Å². The lowest BCUT2D eigenvalue weighted by Crippen LogP contribution is -2.56. The number of hydrogen-bond donors (Lipinski definition) is 2. The third-order valence-electron chi connectivity index (χ3n) is 4.90. The van der Waals surface area contributed by atoms with Gasteiger partial charge in [-0.2, -0.15) is 0 Å². The molecule has 152 valence electrons. The van der Waals surface area contributed by atoms with Gasteiger partial charge in [-0.3, -0.25) is 9.59 Å². The van der Waals surface area contributed by atoms with Crippen LogP contribution in [0.25, 0.3) is 0 Å². The fraction of sp³-hybridized carbons (Fsp3) is 0.167. The maximum Gasteiger partial charge on any atom is 0.278 e. The molecule has 6 nitrogen and oxygen atoms in total. The van der Waals surface area contributed by atoms with Crippen molar-refractivity contribution < 1.29 is 19.1 Å². The minimum absolute atomic E-state index is 0.356. The van der Waals surface area contributed by atoms with E-state index in [0.29, 0.717) is 23.7 Å². The summed E-state index contributed by atoms with van der Waals surface area (Å²) in [6.45, 7) is 3.74. The number of hydrogen-bond acceptors (Lipinski definition) is 4. The van der Waals surface area contributed by atoms with E-state index in [0.717, 1.165) is 16.9 Å². The lowest BCUT2D eigenvalue weighted by atomic mass is 10.0. The molecule has 0 fully saturated rings. The van der Waals surface area contributed by atoms with E-state index >= 15 is 0 Å². The van der Waals surface area contributed by atoms with Crippen molar-refractivity contribution in [1.82, 2.24) is 0 Å². The summed E-state index contributed by atoms with van der Waals surface area (Å²) in [4.78, 5) is 25.6. The number of rotatable bonds is 5. The summed E-state index contributed by atoms with van der Waals surface area (Å²) in [5, 5.41) is 5.55. The number of aryl methyl sites for hydroxylation is 1. The van der Waals surface area contributed by atoms with Crippen LogP contribution in [0.4, 0.5) is 11.4 Å². The van der Waals surface area contributed by atoms with E-state index in [1.54, 1.807) is 18.2 Å². The molecular formula is C24H22N2O4. The molecular weight excluding hydrogens is 380 g/mol. The van der Waals surface area contributed by atoms with Crippen molar-refractivity contribution in [3.05, 3.63) is 83.9 Å². The Morgan fingerprint density at radius 2 is 1.87 bits per heavy atom. The summed E-state index contributed by atoms with van der Waals surface area (Å²) in [5.41, 5.74) is 1.31. The van der Waals surface area contributed by atoms with E-state index < -0.39 is 17.4 Å². The first-order valence-corrected chi connectivity index (χ1v) is 9.63. The average Bonchev–Trinajstić information content (AvgIpc) is 2.74. The third-order valence-corrected chi connectivity index (χ3v) is 4.90. The maximum atomic E-state index is 12.9. The number of anilines is 2. The lowest BCUT2D eigenvalue weighted by molar-refractivity contribution is -0.143. The summed E-state index contributed by atoms with van der Waals surface area (Å²) in [5.74, 6) is 0.164. The molecule has 0 spiro atoms. The second-order valence-electron chi connectivity index (χ2n) is 7.35. The number of benzene rings is 3. The Balaban J connectivity index is 1.47. The van der Waals surface area contributed by atoms with Gasteiger partial charge < -0.3 is 20.1 Å². The molecule has 0 radical (unpaired) electrons. The molecule has 2 amide bonds. The second kappa shape index (κ2) is 7.91. The maximum absolute atomic E-state index is 12.9. The van der Waals surface area contributed by atoms with Crippen LogP contribution in [-0.4, -0.2) is 17.4 Å². The van der Waals surface area contributed by atoms with E-state index in [-0.39, 0.29) is 0 Å². The fourth-order valence-electron chi connectivity index (χ4n) is 3.16. The normalized spacial score (nSPS) is 17.3. The molecule has 0 bridgehead atoms. The Morgan fingerprint density at radius 3 is 2.67 bits per heavy atom. The molecule has 0 saturated heterocycles. The van der Waals surface area contributed by atoms with Gasteiger partial charge in [-0.1, -0.05) is 36.4 Å². The molecule has 1 atom stereocenters. The zero-order valence-corrected chi connectivity index (χ0v) is 16.8. The summed E-state index contributed by atoms with van der Waals surface area (Å²) in [6, 6.07) is 22.2. The number of carbonyl (C=O) groups excluding carboxylic acids is 2. The molecule has 2 N–H and O–H groups in total. The van der Waals surface area contributed by atoms with Gasteiger partial charge in [0.15, 0.2) is 0 Å². The number of carbonyl (C=O) groups is 2. The predicted octanol–water partition coefficient (Wildman–Crippen LogP) is 4.30. The highest BCUT2D eigenvalue weighted by molar-refractivity contribution is 6.19. The monoisotopic (exact) mass is 402 g/mol. The minimum Gasteiger partial charge on any atom is -0.489 e. The van der Waals surface area contributed by atoms with Gasteiger partial charge in [0.1, 0.15) is 18.1 Å². The Morgan fingerprint density at radius 1 is 1.07 bits per heavy atom. The Kier molecular flexibility index (Phi) is 5.14. The number of para-hydroxylation sites is 1. The first-order chi connectivity index (χ1) is 14.4. The van der Waals surface area contributed by atoms with E-state index in [9.17, 15) is 9.59 Å². The van der Waals surface area contributed by atoms with E-state index in [2.05, 4.69) is 10.6 Å². The first kappa shape index (κ1) is 19.5.